The van der Waals surface area contributed by atoms with Crippen LogP contribution in [0.5, 0.6) is 5.75 Å². The van der Waals surface area contributed by atoms with E-state index in [0.29, 0.717) is 11.3 Å². The minimum atomic E-state index is 0.310. The number of hydrogen-bond donors (Lipinski definition) is 1. The number of nitrogens with zero attached hydrogens (tertiary/aromatic N) is 1. The maximum Gasteiger partial charge on any atom is 0.129 e. The molecule has 0 radical (unpaired) electrons. The second-order valence-corrected chi connectivity index (χ2v) is 5.98. The van der Waals surface area contributed by atoms with Crippen molar-refractivity contribution in [1.29, 1.82) is 0 Å². The molecule has 88 valence electrons. The molecular formula is C13H18BrNO. The minimum absolute atomic E-state index is 0.310. The smallest absolute Gasteiger partial charge is 0.129 e. The van der Waals surface area contributed by atoms with Crippen LogP contribution in [0, 0.1) is 0 Å². The maximum absolute atomic E-state index is 9.45. The zero-order chi connectivity index (χ0) is 11.8. The average Bonchev–Trinajstić information content (AvgIpc) is 2.52. The highest BCUT2D eigenvalue weighted by Gasteiger charge is 2.31. The lowest BCUT2D eigenvalue weighted by atomic mass is 10.0. The predicted octanol–water partition coefficient (Wildman–Crippen LogP) is 3.53. The van der Waals surface area contributed by atoms with Crippen LogP contribution in [0.15, 0.2) is 22.7 Å². The van der Waals surface area contributed by atoms with E-state index in [-0.39, 0.29) is 0 Å². The Morgan fingerprint density at radius 3 is 2.75 bits per heavy atom. The van der Waals surface area contributed by atoms with Gasteiger partial charge in [0, 0.05) is 12.1 Å². The van der Waals surface area contributed by atoms with Gasteiger partial charge in [-0.2, -0.15) is 0 Å². The number of phenolic OH excluding ortho intramolecular Hbond substituents is 1. The highest BCUT2D eigenvalue weighted by molar-refractivity contribution is 9.10. The first-order valence-electron chi connectivity index (χ1n) is 5.71. The summed E-state index contributed by atoms with van der Waals surface area (Å²) in [4.78, 5) is 2.51. The molecule has 0 aromatic heterocycles. The summed E-state index contributed by atoms with van der Waals surface area (Å²) in [5, 5.41) is 9.45. The molecule has 0 atom stereocenters. The molecule has 0 saturated carbocycles. The van der Waals surface area contributed by atoms with Crippen LogP contribution in [0.1, 0.15) is 32.3 Å². The van der Waals surface area contributed by atoms with Crippen LogP contribution < -0.4 is 0 Å². The van der Waals surface area contributed by atoms with Crippen LogP contribution in [0.3, 0.4) is 0 Å². The van der Waals surface area contributed by atoms with Crippen LogP contribution in [0.2, 0.25) is 0 Å². The van der Waals surface area contributed by atoms with Crippen molar-refractivity contribution < 1.29 is 5.11 Å². The molecule has 0 spiro atoms. The fourth-order valence-electron chi connectivity index (χ4n) is 2.33. The molecule has 1 fully saturated rings. The molecule has 1 aliphatic rings. The third-order valence-electron chi connectivity index (χ3n) is 3.46. The molecule has 1 aromatic carbocycles. The summed E-state index contributed by atoms with van der Waals surface area (Å²) in [5.41, 5.74) is 1.56. The van der Waals surface area contributed by atoms with Gasteiger partial charge in [-0.3, -0.25) is 4.90 Å². The summed E-state index contributed by atoms with van der Waals surface area (Å²) in [6.07, 6.45) is 2.55. The van der Waals surface area contributed by atoms with Gasteiger partial charge in [0.15, 0.2) is 0 Å². The highest BCUT2D eigenvalue weighted by atomic mass is 79.9. The number of benzene rings is 1. The predicted molar refractivity (Wildman–Crippen MR) is 69.5 cm³/mol. The Morgan fingerprint density at radius 2 is 2.19 bits per heavy atom. The molecule has 16 heavy (non-hydrogen) atoms. The monoisotopic (exact) mass is 283 g/mol. The first-order valence-corrected chi connectivity index (χ1v) is 6.51. The molecule has 0 aliphatic carbocycles. The van der Waals surface area contributed by atoms with Crippen molar-refractivity contribution in [2.75, 3.05) is 6.54 Å². The molecule has 1 saturated heterocycles. The number of hydrogen-bond acceptors (Lipinski definition) is 2. The Labute approximate surface area is 105 Å². The van der Waals surface area contributed by atoms with E-state index in [2.05, 4.69) is 34.7 Å². The van der Waals surface area contributed by atoms with Crippen LogP contribution in [0.25, 0.3) is 0 Å². The zero-order valence-corrected chi connectivity index (χ0v) is 11.4. The quantitative estimate of drug-likeness (QED) is 0.898. The lowest BCUT2D eigenvalue weighted by Crippen LogP contribution is -2.37. The van der Waals surface area contributed by atoms with Crippen LogP contribution >= 0.6 is 15.9 Å². The molecule has 0 amide bonds. The second-order valence-electron chi connectivity index (χ2n) is 5.12. The summed E-state index contributed by atoms with van der Waals surface area (Å²) in [6.45, 7) is 6.74. The molecule has 1 heterocycles. The third kappa shape index (κ3) is 2.41. The number of aromatic hydroxyl groups is 1. The highest BCUT2D eigenvalue weighted by Crippen LogP contribution is 2.31. The normalized spacial score (nSPS) is 20.2. The summed E-state index contributed by atoms with van der Waals surface area (Å²) < 4.78 is 0.780. The van der Waals surface area contributed by atoms with Gasteiger partial charge in [0.2, 0.25) is 0 Å². The third-order valence-corrected chi connectivity index (χ3v) is 4.09. The molecule has 0 bridgehead atoms. The summed E-state index contributed by atoms with van der Waals surface area (Å²) in [7, 11) is 0. The topological polar surface area (TPSA) is 23.5 Å². The van der Waals surface area contributed by atoms with Gasteiger partial charge >= 0.3 is 0 Å². The Hall–Kier alpha value is -0.540. The Kier molecular flexibility index (Phi) is 3.27. The molecule has 1 aliphatic heterocycles. The molecule has 2 rings (SSSR count). The number of likely N-dealkylation sites (tertiary alicyclic amines) is 1. The fourth-order valence-corrected chi connectivity index (χ4v) is 2.75. The van der Waals surface area contributed by atoms with Gasteiger partial charge < -0.3 is 5.11 Å². The standard InChI is InChI=1S/C13H18BrNO/c1-13(2)6-3-7-15(13)9-10-4-5-12(16)11(14)8-10/h4-5,8,16H,3,6-7,9H2,1-2H3. The maximum atomic E-state index is 9.45. The van der Waals surface area contributed by atoms with Crippen molar-refractivity contribution in [2.45, 2.75) is 38.8 Å². The Bertz CT molecular complexity index is 390. The van der Waals surface area contributed by atoms with Crippen molar-refractivity contribution in [3.05, 3.63) is 28.2 Å². The van der Waals surface area contributed by atoms with Crippen molar-refractivity contribution in [2.24, 2.45) is 0 Å². The largest absolute Gasteiger partial charge is 0.507 e. The number of phenols is 1. The molecular weight excluding hydrogens is 266 g/mol. The average molecular weight is 284 g/mol. The summed E-state index contributed by atoms with van der Waals surface area (Å²) in [6, 6.07) is 5.75. The van der Waals surface area contributed by atoms with Crippen LogP contribution in [-0.2, 0) is 6.54 Å². The molecule has 3 heteroatoms. The van der Waals surface area contributed by atoms with E-state index in [1.807, 2.05) is 12.1 Å². The molecule has 2 nitrogen and oxygen atoms in total. The lowest BCUT2D eigenvalue weighted by molar-refractivity contribution is 0.166. The number of halogens is 1. The van der Waals surface area contributed by atoms with E-state index < -0.39 is 0 Å². The van der Waals surface area contributed by atoms with Crippen molar-refractivity contribution in [3.8, 4) is 5.75 Å². The van der Waals surface area contributed by atoms with Crippen LogP contribution in [0.4, 0.5) is 0 Å². The van der Waals surface area contributed by atoms with E-state index in [9.17, 15) is 5.11 Å². The van der Waals surface area contributed by atoms with E-state index in [1.54, 1.807) is 6.07 Å². The van der Waals surface area contributed by atoms with E-state index in [0.717, 1.165) is 11.0 Å². The lowest BCUT2D eigenvalue weighted by Gasteiger charge is -2.31. The van der Waals surface area contributed by atoms with Crippen molar-refractivity contribution in [3.63, 3.8) is 0 Å². The van der Waals surface area contributed by atoms with Gasteiger partial charge in [0.05, 0.1) is 4.47 Å². The zero-order valence-electron chi connectivity index (χ0n) is 9.83. The minimum Gasteiger partial charge on any atom is -0.507 e. The Balaban J connectivity index is 2.12. The first kappa shape index (κ1) is 11.9. The molecule has 1 N–H and O–H groups in total. The molecule has 1 aromatic rings. The second kappa shape index (κ2) is 4.38. The summed E-state index contributed by atoms with van der Waals surface area (Å²) >= 11 is 3.36. The SMILES string of the molecule is CC1(C)CCCN1Cc1ccc(O)c(Br)c1. The Morgan fingerprint density at radius 1 is 1.44 bits per heavy atom. The van der Waals surface area contributed by atoms with Gasteiger partial charge in [-0.05, 0) is 66.9 Å². The van der Waals surface area contributed by atoms with Gasteiger partial charge in [-0.15, -0.1) is 0 Å². The van der Waals surface area contributed by atoms with Gasteiger partial charge in [-0.1, -0.05) is 6.07 Å². The van der Waals surface area contributed by atoms with Gasteiger partial charge in [0.1, 0.15) is 5.75 Å². The van der Waals surface area contributed by atoms with Gasteiger partial charge in [0.25, 0.3) is 0 Å². The first-order chi connectivity index (χ1) is 7.49. The van der Waals surface area contributed by atoms with Gasteiger partial charge in [-0.25, -0.2) is 0 Å². The molecule has 0 unspecified atom stereocenters. The van der Waals surface area contributed by atoms with Crippen LogP contribution in [-0.4, -0.2) is 22.1 Å². The number of rotatable bonds is 2. The van der Waals surface area contributed by atoms with E-state index in [4.69, 9.17) is 0 Å². The van der Waals surface area contributed by atoms with E-state index >= 15 is 0 Å². The fraction of sp³-hybridized carbons (Fsp3) is 0.538. The van der Waals surface area contributed by atoms with Crippen molar-refractivity contribution in [1.82, 2.24) is 4.90 Å². The summed E-state index contributed by atoms with van der Waals surface area (Å²) in [5.74, 6) is 0.310. The van der Waals surface area contributed by atoms with E-state index in [1.165, 1.54) is 24.9 Å². The van der Waals surface area contributed by atoms with Crippen molar-refractivity contribution >= 4 is 15.9 Å².